The van der Waals surface area contributed by atoms with Crippen LogP contribution in [-0.2, 0) is 6.42 Å². The molecule has 0 radical (unpaired) electrons. The second kappa shape index (κ2) is 5.51. The number of halogens is 2. The number of fused-ring (bicyclic) bond motifs is 1. The Morgan fingerprint density at radius 2 is 2.25 bits per heavy atom. The highest BCUT2D eigenvalue weighted by molar-refractivity contribution is 6.30. The second-order valence-corrected chi connectivity index (χ2v) is 5.56. The number of benzene rings is 1. The molecule has 1 aromatic carbocycles. The van der Waals surface area contributed by atoms with Gasteiger partial charge in [-0.15, -0.1) is 0 Å². The van der Waals surface area contributed by atoms with Crippen LogP contribution in [0.2, 0.25) is 5.02 Å². The maximum atomic E-state index is 14.1. The van der Waals surface area contributed by atoms with Crippen molar-refractivity contribution in [3.8, 4) is 0 Å². The largest absolute Gasteiger partial charge is 0.312 e. The van der Waals surface area contributed by atoms with Crippen molar-refractivity contribution >= 4 is 11.6 Å². The van der Waals surface area contributed by atoms with E-state index < -0.39 is 0 Å². The first-order valence-corrected chi connectivity index (χ1v) is 7.14. The molecule has 4 heteroatoms. The molecular formula is C16H16ClFN2. The second-order valence-electron chi connectivity index (χ2n) is 5.13. The van der Waals surface area contributed by atoms with Gasteiger partial charge in [-0.2, -0.15) is 0 Å². The lowest BCUT2D eigenvalue weighted by Gasteiger charge is -2.24. The van der Waals surface area contributed by atoms with Crippen molar-refractivity contribution in [2.75, 3.05) is 7.05 Å². The SMILES string of the molecule is CNC(c1cc(Cl)ccc1F)C1CCc2cccnc21. The molecule has 3 rings (SSSR count). The lowest BCUT2D eigenvalue weighted by Crippen LogP contribution is -2.24. The average Bonchev–Trinajstić information content (AvgIpc) is 2.88. The van der Waals surface area contributed by atoms with Gasteiger partial charge in [0.1, 0.15) is 5.82 Å². The fraction of sp³-hybridized carbons (Fsp3) is 0.312. The first-order chi connectivity index (χ1) is 9.70. The molecule has 1 N–H and O–H groups in total. The van der Waals surface area contributed by atoms with Crippen LogP contribution in [0.15, 0.2) is 36.5 Å². The molecule has 0 fully saturated rings. The van der Waals surface area contributed by atoms with Gasteiger partial charge in [0.25, 0.3) is 0 Å². The minimum absolute atomic E-state index is 0.107. The molecule has 0 aliphatic heterocycles. The van der Waals surface area contributed by atoms with E-state index in [1.807, 2.05) is 13.1 Å². The lowest BCUT2D eigenvalue weighted by atomic mass is 9.90. The zero-order chi connectivity index (χ0) is 14.1. The van der Waals surface area contributed by atoms with Gasteiger partial charge in [-0.25, -0.2) is 4.39 Å². The van der Waals surface area contributed by atoms with Gasteiger partial charge in [0, 0.05) is 34.4 Å². The molecule has 1 aliphatic carbocycles. The maximum absolute atomic E-state index is 14.1. The fourth-order valence-corrected chi connectivity index (χ4v) is 3.28. The summed E-state index contributed by atoms with van der Waals surface area (Å²) in [5, 5.41) is 3.79. The standard InChI is InChI=1S/C16H16ClFN2/c1-19-16(13-9-11(17)5-7-14(13)18)12-6-4-10-3-2-8-20-15(10)12/h2-3,5,7-9,12,16,19H,4,6H2,1H3. The maximum Gasteiger partial charge on any atom is 0.128 e. The number of hydrogen-bond donors (Lipinski definition) is 1. The molecule has 0 spiro atoms. The number of nitrogens with one attached hydrogen (secondary N) is 1. The molecule has 104 valence electrons. The normalized spacial score (nSPS) is 18.9. The number of nitrogens with zero attached hydrogens (tertiary/aromatic N) is 1. The van der Waals surface area contributed by atoms with Crippen LogP contribution in [0.1, 0.15) is 35.2 Å². The van der Waals surface area contributed by atoms with E-state index in [1.165, 1.54) is 11.6 Å². The van der Waals surface area contributed by atoms with Gasteiger partial charge in [0.15, 0.2) is 0 Å². The van der Waals surface area contributed by atoms with Gasteiger partial charge in [-0.05, 0) is 49.7 Å². The molecular weight excluding hydrogens is 275 g/mol. The predicted octanol–water partition coefficient (Wildman–Crippen LogP) is 3.86. The highest BCUT2D eigenvalue weighted by atomic mass is 35.5. The summed E-state index contributed by atoms with van der Waals surface area (Å²) in [7, 11) is 1.85. The molecule has 0 saturated heterocycles. The van der Waals surface area contributed by atoms with Crippen LogP contribution in [0, 0.1) is 5.82 Å². The van der Waals surface area contributed by atoms with Gasteiger partial charge >= 0.3 is 0 Å². The Hall–Kier alpha value is -1.45. The Balaban J connectivity index is 2.01. The molecule has 1 aliphatic rings. The first kappa shape index (κ1) is 13.5. The summed E-state index contributed by atoms with van der Waals surface area (Å²) in [6, 6.07) is 8.66. The van der Waals surface area contributed by atoms with E-state index >= 15 is 0 Å². The van der Waals surface area contributed by atoms with Crippen molar-refractivity contribution in [1.29, 1.82) is 0 Å². The number of aryl methyl sites for hydroxylation is 1. The predicted molar refractivity (Wildman–Crippen MR) is 78.5 cm³/mol. The molecule has 0 saturated carbocycles. The Morgan fingerprint density at radius 1 is 1.40 bits per heavy atom. The van der Waals surface area contributed by atoms with E-state index in [9.17, 15) is 4.39 Å². The van der Waals surface area contributed by atoms with Crippen LogP contribution in [-0.4, -0.2) is 12.0 Å². The highest BCUT2D eigenvalue weighted by Gasteiger charge is 2.32. The van der Waals surface area contributed by atoms with Gasteiger partial charge in [-0.1, -0.05) is 17.7 Å². The van der Waals surface area contributed by atoms with E-state index in [0.29, 0.717) is 10.6 Å². The summed E-state index contributed by atoms with van der Waals surface area (Å²) in [5.41, 5.74) is 2.95. The topological polar surface area (TPSA) is 24.9 Å². The summed E-state index contributed by atoms with van der Waals surface area (Å²) in [6.07, 6.45) is 3.77. The number of pyridine rings is 1. The third kappa shape index (κ3) is 2.32. The van der Waals surface area contributed by atoms with Crippen LogP contribution in [0.25, 0.3) is 0 Å². The minimum atomic E-state index is -0.224. The molecule has 2 aromatic rings. The van der Waals surface area contributed by atoms with Crippen molar-refractivity contribution in [3.63, 3.8) is 0 Å². The zero-order valence-electron chi connectivity index (χ0n) is 11.2. The summed E-state index contributed by atoms with van der Waals surface area (Å²) in [6.45, 7) is 0. The van der Waals surface area contributed by atoms with Gasteiger partial charge in [0.2, 0.25) is 0 Å². The third-order valence-electron chi connectivity index (χ3n) is 4.01. The summed E-state index contributed by atoms with van der Waals surface area (Å²) >= 11 is 6.01. The molecule has 2 nitrogen and oxygen atoms in total. The average molecular weight is 291 g/mol. The molecule has 0 amide bonds. The Bertz CT molecular complexity index is 630. The Kier molecular flexibility index (Phi) is 3.72. The minimum Gasteiger partial charge on any atom is -0.312 e. The Labute approximate surface area is 123 Å². The van der Waals surface area contributed by atoms with Crippen LogP contribution < -0.4 is 5.32 Å². The molecule has 0 bridgehead atoms. The van der Waals surface area contributed by atoms with Crippen LogP contribution in [0.3, 0.4) is 0 Å². The number of aromatic nitrogens is 1. The molecule has 2 atom stereocenters. The number of hydrogen-bond acceptors (Lipinski definition) is 2. The van der Waals surface area contributed by atoms with Crippen LogP contribution in [0.4, 0.5) is 4.39 Å². The smallest absolute Gasteiger partial charge is 0.128 e. The molecule has 2 unspecified atom stereocenters. The van der Waals surface area contributed by atoms with Crippen LogP contribution in [0.5, 0.6) is 0 Å². The van der Waals surface area contributed by atoms with E-state index in [2.05, 4.69) is 16.4 Å². The summed E-state index contributed by atoms with van der Waals surface area (Å²) in [4.78, 5) is 4.49. The van der Waals surface area contributed by atoms with Crippen LogP contribution >= 0.6 is 11.6 Å². The number of likely N-dealkylation sites (N-methyl/N-ethyl adjacent to an activating group) is 1. The highest BCUT2D eigenvalue weighted by Crippen LogP contribution is 2.41. The first-order valence-electron chi connectivity index (χ1n) is 6.76. The van der Waals surface area contributed by atoms with Crippen molar-refractivity contribution < 1.29 is 4.39 Å². The van der Waals surface area contributed by atoms with E-state index in [1.54, 1.807) is 18.3 Å². The molecule has 1 heterocycles. The Morgan fingerprint density at radius 3 is 3.05 bits per heavy atom. The van der Waals surface area contributed by atoms with E-state index in [-0.39, 0.29) is 17.8 Å². The van der Waals surface area contributed by atoms with E-state index in [4.69, 9.17) is 11.6 Å². The van der Waals surface area contributed by atoms with Gasteiger partial charge < -0.3 is 5.32 Å². The van der Waals surface area contributed by atoms with Gasteiger partial charge in [-0.3, -0.25) is 4.98 Å². The van der Waals surface area contributed by atoms with E-state index in [0.717, 1.165) is 18.5 Å². The van der Waals surface area contributed by atoms with Crippen molar-refractivity contribution in [2.24, 2.45) is 0 Å². The van der Waals surface area contributed by atoms with Gasteiger partial charge in [0.05, 0.1) is 0 Å². The van der Waals surface area contributed by atoms with Crippen molar-refractivity contribution in [2.45, 2.75) is 24.8 Å². The monoisotopic (exact) mass is 290 g/mol. The lowest BCUT2D eigenvalue weighted by molar-refractivity contribution is 0.449. The summed E-state index contributed by atoms with van der Waals surface area (Å²) < 4.78 is 14.1. The quantitative estimate of drug-likeness (QED) is 0.928. The third-order valence-corrected chi connectivity index (χ3v) is 4.24. The van der Waals surface area contributed by atoms with Crippen molar-refractivity contribution in [1.82, 2.24) is 10.3 Å². The summed E-state index contributed by atoms with van der Waals surface area (Å²) in [5.74, 6) is -0.0395. The fourth-order valence-electron chi connectivity index (χ4n) is 3.09. The van der Waals surface area contributed by atoms with Crippen molar-refractivity contribution in [3.05, 3.63) is 64.2 Å². The molecule has 1 aromatic heterocycles. The number of rotatable bonds is 3. The zero-order valence-corrected chi connectivity index (χ0v) is 12.0. The molecule has 20 heavy (non-hydrogen) atoms.